The lowest BCUT2D eigenvalue weighted by Gasteiger charge is -2.32. The molecule has 2 aromatic carbocycles. The van der Waals surface area contributed by atoms with Crippen LogP contribution in [0.5, 0.6) is 0 Å². The van der Waals surface area contributed by atoms with Crippen LogP contribution in [-0.2, 0) is 4.79 Å². The van der Waals surface area contributed by atoms with E-state index in [0.717, 1.165) is 24.8 Å². The zero-order valence-electron chi connectivity index (χ0n) is 16.4. The minimum atomic E-state index is -0.720. The van der Waals surface area contributed by atoms with Crippen LogP contribution in [0.2, 0.25) is 0 Å². The van der Waals surface area contributed by atoms with Gasteiger partial charge in [-0.3, -0.25) is 14.4 Å². The van der Waals surface area contributed by atoms with Gasteiger partial charge in [0, 0.05) is 29.9 Å². The molecule has 2 N–H and O–H groups in total. The van der Waals surface area contributed by atoms with Gasteiger partial charge in [-0.1, -0.05) is 24.3 Å². The first-order valence-corrected chi connectivity index (χ1v) is 9.89. The third-order valence-corrected chi connectivity index (χ3v) is 6.30. The zero-order chi connectivity index (χ0) is 20.6. The van der Waals surface area contributed by atoms with Crippen LogP contribution >= 0.6 is 0 Å². The minimum absolute atomic E-state index is 0.0809. The number of carboxylic acid groups (broad SMARTS) is 1. The molecule has 1 heterocycles. The fraction of sp³-hybridized carbons (Fsp3) is 0.348. The Balaban J connectivity index is 1.44. The molecule has 150 valence electrons. The maximum absolute atomic E-state index is 13.0. The first-order valence-electron chi connectivity index (χ1n) is 9.89. The maximum Gasteiger partial charge on any atom is 0.307 e. The largest absolute Gasteiger partial charge is 0.481 e. The maximum atomic E-state index is 13.0. The molecule has 0 radical (unpaired) electrons. The summed E-state index contributed by atoms with van der Waals surface area (Å²) in [7, 11) is 0. The Bertz CT molecular complexity index is 962. The minimum Gasteiger partial charge on any atom is -0.481 e. The highest BCUT2D eigenvalue weighted by Gasteiger charge is 2.59. The van der Waals surface area contributed by atoms with Gasteiger partial charge in [-0.05, 0) is 61.4 Å². The molecule has 6 nitrogen and oxygen atoms in total. The van der Waals surface area contributed by atoms with E-state index < -0.39 is 5.97 Å². The zero-order valence-corrected chi connectivity index (χ0v) is 16.4. The number of aryl methyl sites for hydroxylation is 1. The monoisotopic (exact) mass is 392 g/mol. The molecular formula is C23H24N2O4. The first kappa shape index (κ1) is 19.2. The number of benzene rings is 2. The molecule has 2 amide bonds. The van der Waals surface area contributed by atoms with Gasteiger partial charge < -0.3 is 15.3 Å². The number of aliphatic carboxylic acids is 1. The lowest BCUT2D eigenvalue weighted by molar-refractivity contribution is -0.139. The van der Waals surface area contributed by atoms with Crippen molar-refractivity contribution in [1.82, 2.24) is 4.90 Å². The van der Waals surface area contributed by atoms with Crippen molar-refractivity contribution in [3.05, 3.63) is 65.2 Å². The molecule has 1 saturated heterocycles. The first-order chi connectivity index (χ1) is 13.9. The second-order valence-electron chi connectivity index (χ2n) is 8.10. The molecule has 2 fully saturated rings. The number of carbonyl (C=O) groups is 3. The summed E-state index contributed by atoms with van der Waals surface area (Å²) >= 11 is 0. The number of anilines is 1. The van der Waals surface area contributed by atoms with E-state index in [0.29, 0.717) is 29.9 Å². The van der Waals surface area contributed by atoms with Crippen LogP contribution in [0.1, 0.15) is 45.5 Å². The van der Waals surface area contributed by atoms with Crippen LogP contribution in [0.25, 0.3) is 0 Å². The van der Waals surface area contributed by atoms with Gasteiger partial charge in [0.05, 0.1) is 5.92 Å². The summed E-state index contributed by atoms with van der Waals surface area (Å²) in [5.74, 6) is -1.27. The summed E-state index contributed by atoms with van der Waals surface area (Å²) in [6, 6.07) is 14.3. The van der Waals surface area contributed by atoms with Crippen molar-refractivity contribution >= 4 is 23.5 Å². The van der Waals surface area contributed by atoms with Crippen LogP contribution in [0.3, 0.4) is 0 Å². The summed E-state index contributed by atoms with van der Waals surface area (Å²) in [5, 5.41) is 12.1. The Morgan fingerprint density at radius 1 is 1.03 bits per heavy atom. The summed E-state index contributed by atoms with van der Waals surface area (Å²) in [6.45, 7) is 3.03. The Morgan fingerprint density at radius 2 is 1.72 bits per heavy atom. The van der Waals surface area contributed by atoms with Crippen LogP contribution in [-0.4, -0.2) is 40.9 Å². The van der Waals surface area contributed by atoms with Gasteiger partial charge in [0.15, 0.2) is 0 Å². The summed E-state index contributed by atoms with van der Waals surface area (Å²) in [4.78, 5) is 38.4. The molecule has 1 aliphatic carbocycles. The van der Waals surface area contributed by atoms with Crippen molar-refractivity contribution in [3.8, 4) is 0 Å². The number of likely N-dealkylation sites (tertiary alicyclic amines) is 1. The van der Waals surface area contributed by atoms with Crippen molar-refractivity contribution in [1.29, 1.82) is 0 Å². The van der Waals surface area contributed by atoms with Crippen LogP contribution in [0, 0.1) is 18.3 Å². The lowest BCUT2D eigenvalue weighted by Crippen LogP contribution is -2.40. The normalized spacial score (nSPS) is 19.6. The van der Waals surface area contributed by atoms with E-state index in [4.69, 9.17) is 0 Å². The van der Waals surface area contributed by atoms with E-state index in [9.17, 15) is 19.5 Å². The molecule has 1 aliphatic heterocycles. The van der Waals surface area contributed by atoms with Crippen LogP contribution in [0.4, 0.5) is 5.69 Å². The average molecular weight is 392 g/mol. The molecule has 1 atom stereocenters. The third-order valence-electron chi connectivity index (χ3n) is 6.30. The van der Waals surface area contributed by atoms with Gasteiger partial charge in [-0.25, -0.2) is 0 Å². The number of nitrogens with zero attached hydrogens (tertiary/aromatic N) is 1. The highest BCUT2D eigenvalue weighted by molar-refractivity contribution is 6.05. The third kappa shape index (κ3) is 3.75. The van der Waals surface area contributed by atoms with E-state index in [2.05, 4.69) is 5.32 Å². The smallest absolute Gasteiger partial charge is 0.307 e. The molecule has 1 spiro atoms. The Kier molecular flexibility index (Phi) is 4.86. The van der Waals surface area contributed by atoms with E-state index in [1.165, 1.54) is 0 Å². The van der Waals surface area contributed by atoms with Crippen molar-refractivity contribution < 1.29 is 19.5 Å². The second-order valence-corrected chi connectivity index (χ2v) is 8.10. The quantitative estimate of drug-likeness (QED) is 0.833. The van der Waals surface area contributed by atoms with Gasteiger partial charge in [-0.15, -0.1) is 0 Å². The predicted octanol–water partition coefficient (Wildman–Crippen LogP) is 3.57. The molecule has 2 aliphatic rings. The standard InChI is InChI=1S/C23H24N2O4/c1-15-7-8-17(13-19(15)24-20(26)16-5-3-2-4-6-16)21(27)25-11-9-23(10-12-25)14-18(23)22(28)29/h2-8,13,18H,9-12,14H2,1H3,(H,24,26)(H,28,29). The van der Waals surface area contributed by atoms with E-state index in [-0.39, 0.29) is 23.1 Å². The fourth-order valence-corrected chi connectivity index (χ4v) is 4.26. The number of nitrogens with one attached hydrogen (secondary N) is 1. The topological polar surface area (TPSA) is 86.7 Å². The molecule has 6 heteroatoms. The number of rotatable bonds is 4. The number of amides is 2. The molecule has 2 aromatic rings. The number of carbonyl (C=O) groups excluding carboxylic acids is 2. The summed E-state index contributed by atoms with van der Waals surface area (Å²) in [6.07, 6.45) is 2.20. The Morgan fingerprint density at radius 3 is 2.34 bits per heavy atom. The average Bonchev–Trinajstić information content (AvgIpc) is 3.44. The number of hydrogen-bond donors (Lipinski definition) is 2. The molecule has 4 rings (SSSR count). The molecule has 0 aromatic heterocycles. The highest BCUT2D eigenvalue weighted by atomic mass is 16.4. The molecular weight excluding hydrogens is 368 g/mol. The molecule has 0 bridgehead atoms. The van der Waals surface area contributed by atoms with Gasteiger partial charge in [0.2, 0.25) is 0 Å². The number of hydrogen-bond acceptors (Lipinski definition) is 3. The van der Waals surface area contributed by atoms with Gasteiger partial charge in [0.1, 0.15) is 0 Å². The van der Waals surface area contributed by atoms with Crippen molar-refractivity contribution in [3.63, 3.8) is 0 Å². The summed E-state index contributed by atoms with van der Waals surface area (Å²) < 4.78 is 0. The van der Waals surface area contributed by atoms with E-state index in [1.54, 1.807) is 41.3 Å². The number of piperidine rings is 1. The second kappa shape index (κ2) is 7.35. The molecule has 1 saturated carbocycles. The van der Waals surface area contributed by atoms with Crippen molar-refractivity contribution in [2.45, 2.75) is 26.2 Å². The van der Waals surface area contributed by atoms with Gasteiger partial charge >= 0.3 is 5.97 Å². The molecule has 29 heavy (non-hydrogen) atoms. The Hall–Kier alpha value is -3.15. The number of carboxylic acids is 1. The lowest BCUT2D eigenvalue weighted by atomic mass is 9.90. The van der Waals surface area contributed by atoms with Crippen LogP contribution in [0.15, 0.2) is 48.5 Å². The highest BCUT2D eigenvalue weighted by Crippen LogP contribution is 2.59. The van der Waals surface area contributed by atoms with E-state index in [1.807, 2.05) is 19.1 Å². The van der Waals surface area contributed by atoms with Crippen LogP contribution < -0.4 is 5.32 Å². The summed E-state index contributed by atoms with van der Waals surface area (Å²) in [5.41, 5.74) is 2.48. The fourth-order valence-electron chi connectivity index (χ4n) is 4.26. The van der Waals surface area contributed by atoms with Gasteiger partial charge in [0.25, 0.3) is 11.8 Å². The van der Waals surface area contributed by atoms with Crippen molar-refractivity contribution in [2.24, 2.45) is 11.3 Å². The van der Waals surface area contributed by atoms with Crippen molar-refractivity contribution in [2.75, 3.05) is 18.4 Å². The molecule has 1 unspecified atom stereocenters. The van der Waals surface area contributed by atoms with Gasteiger partial charge in [-0.2, -0.15) is 0 Å². The predicted molar refractivity (Wildman–Crippen MR) is 109 cm³/mol. The SMILES string of the molecule is Cc1ccc(C(=O)N2CCC3(CC2)CC3C(=O)O)cc1NC(=O)c1ccccc1. The van der Waals surface area contributed by atoms with E-state index >= 15 is 0 Å². The Labute approximate surface area is 169 Å².